The van der Waals surface area contributed by atoms with E-state index in [1.165, 1.54) is 0 Å². The van der Waals surface area contributed by atoms with Crippen molar-refractivity contribution in [1.29, 1.82) is 0 Å². The second-order valence-electron chi connectivity index (χ2n) is 10.1. The molecular weight excluding hydrogens is 456 g/mol. The number of fused-ring (bicyclic) bond motifs is 1. The lowest BCUT2D eigenvalue weighted by atomic mass is 9.97. The van der Waals surface area contributed by atoms with Crippen LogP contribution in [0.4, 0.5) is 0 Å². The molecule has 36 heavy (non-hydrogen) atoms. The average Bonchev–Trinajstić information content (AvgIpc) is 3.53. The van der Waals surface area contributed by atoms with Crippen LogP contribution >= 0.6 is 0 Å². The summed E-state index contributed by atoms with van der Waals surface area (Å²) in [7, 11) is 0. The molecular formula is C27H36N6O3. The first-order valence-electron chi connectivity index (χ1n) is 12.6. The first-order chi connectivity index (χ1) is 17.2. The first-order valence-corrected chi connectivity index (χ1v) is 12.6. The summed E-state index contributed by atoms with van der Waals surface area (Å²) in [6.45, 7) is 14.1. The normalized spacial score (nSPS) is 13.1. The monoisotopic (exact) mass is 492 g/mol. The fourth-order valence-corrected chi connectivity index (χ4v) is 4.52. The molecule has 0 aliphatic carbocycles. The van der Waals surface area contributed by atoms with E-state index in [1.54, 1.807) is 6.26 Å². The second kappa shape index (κ2) is 10.7. The zero-order chi connectivity index (χ0) is 25.9. The smallest absolute Gasteiger partial charge is 0.252 e. The number of tetrazole rings is 1. The van der Waals surface area contributed by atoms with Crippen molar-refractivity contribution >= 4 is 10.9 Å². The number of hydrogen-bond acceptors (Lipinski definition) is 7. The molecule has 0 spiro atoms. The van der Waals surface area contributed by atoms with Gasteiger partial charge < -0.3 is 14.1 Å². The number of hydrogen-bond donors (Lipinski definition) is 1. The Morgan fingerprint density at radius 2 is 1.97 bits per heavy atom. The third kappa shape index (κ3) is 5.36. The van der Waals surface area contributed by atoms with E-state index in [0.717, 1.165) is 34.7 Å². The molecule has 1 aromatic carbocycles. The van der Waals surface area contributed by atoms with Crippen LogP contribution in [0.15, 0.2) is 51.9 Å². The van der Waals surface area contributed by atoms with Crippen molar-refractivity contribution in [2.75, 3.05) is 6.61 Å². The van der Waals surface area contributed by atoms with Crippen LogP contribution in [0.5, 0.6) is 5.75 Å². The van der Waals surface area contributed by atoms with E-state index >= 15 is 0 Å². The van der Waals surface area contributed by atoms with Crippen molar-refractivity contribution in [3.63, 3.8) is 0 Å². The fraction of sp³-hybridized carbons (Fsp3) is 0.481. The van der Waals surface area contributed by atoms with Gasteiger partial charge >= 0.3 is 0 Å². The van der Waals surface area contributed by atoms with Crippen LogP contribution in [0.25, 0.3) is 10.9 Å². The van der Waals surface area contributed by atoms with Gasteiger partial charge in [0.2, 0.25) is 0 Å². The van der Waals surface area contributed by atoms with Gasteiger partial charge in [0, 0.05) is 23.0 Å². The summed E-state index contributed by atoms with van der Waals surface area (Å²) in [4.78, 5) is 18.4. The van der Waals surface area contributed by atoms with E-state index in [0.29, 0.717) is 25.3 Å². The lowest BCUT2D eigenvalue weighted by Crippen LogP contribution is -2.38. The van der Waals surface area contributed by atoms with Gasteiger partial charge in [0.1, 0.15) is 11.5 Å². The van der Waals surface area contributed by atoms with Gasteiger partial charge in [-0.2, -0.15) is 0 Å². The molecule has 0 saturated carbocycles. The molecule has 9 heteroatoms. The van der Waals surface area contributed by atoms with Crippen molar-refractivity contribution < 1.29 is 9.15 Å². The first kappa shape index (κ1) is 25.6. The topological polar surface area (TPSA) is 102 Å². The van der Waals surface area contributed by atoms with E-state index < -0.39 is 0 Å². The molecule has 192 valence electrons. The van der Waals surface area contributed by atoms with E-state index in [9.17, 15) is 4.79 Å². The Labute approximate surface area is 211 Å². The SMILES string of the molecule is CCOc1ccc2[nH]c(=O)c(CN(Cc3ccco3)C(c3nnnn3C(C)(C)CC)C(C)C)cc2c1. The summed E-state index contributed by atoms with van der Waals surface area (Å²) in [5, 5.41) is 13.8. The Bertz CT molecular complexity index is 1340. The highest BCUT2D eigenvalue weighted by molar-refractivity contribution is 5.80. The molecule has 0 radical (unpaired) electrons. The Morgan fingerprint density at radius 3 is 2.64 bits per heavy atom. The molecule has 4 aromatic rings. The fourth-order valence-electron chi connectivity index (χ4n) is 4.52. The number of aromatic amines is 1. The van der Waals surface area contributed by atoms with Gasteiger partial charge in [0.05, 0.1) is 31.0 Å². The molecule has 0 aliphatic heterocycles. The summed E-state index contributed by atoms with van der Waals surface area (Å²) < 4.78 is 13.3. The van der Waals surface area contributed by atoms with Crippen molar-refractivity contribution in [3.8, 4) is 5.75 Å². The zero-order valence-electron chi connectivity index (χ0n) is 22.0. The zero-order valence-corrected chi connectivity index (χ0v) is 22.0. The van der Waals surface area contributed by atoms with Crippen LogP contribution in [-0.4, -0.2) is 36.7 Å². The van der Waals surface area contributed by atoms with Crippen molar-refractivity contribution in [2.45, 2.75) is 72.6 Å². The van der Waals surface area contributed by atoms with Gasteiger partial charge in [-0.25, -0.2) is 4.68 Å². The number of nitrogens with one attached hydrogen (secondary N) is 1. The van der Waals surface area contributed by atoms with E-state index in [4.69, 9.17) is 9.15 Å². The van der Waals surface area contributed by atoms with Crippen LogP contribution in [0.1, 0.15) is 71.2 Å². The van der Waals surface area contributed by atoms with Crippen LogP contribution < -0.4 is 10.3 Å². The molecule has 0 amide bonds. The lowest BCUT2D eigenvalue weighted by molar-refractivity contribution is 0.109. The molecule has 0 fully saturated rings. The number of nitrogens with zero attached hydrogens (tertiary/aromatic N) is 5. The van der Waals surface area contributed by atoms with Gasteiger partial charge in [0.15, 0.2) is 5.82 Å². The number of ether oxygens (including phenoxy) is 1. The van der Waals surface area contributed by atoms with Crippen LogP contribution in [0.2, 0.25) is 0 Å². The molecule has 1 N–H and O–H groups in total. The van der Waals surface area contributed by atoms with E-state index in [-0.39, 0.29) is 23.1 Å². The molecule has 1 atom stereocenters. The maximum atomic E-state index is 13.2. The lowest BCUT2D eigenvalue weighted by Gasteiger charge is -2.35. The Kier molecular flexibility index (Phi) is 7.59. The number of furan rings is 1. The quantitative estimate of drug-likeness (QED) is 0.312. The highest BCUT2D eigenvalue weighted by atomic mass is 16.5. The predicted molar refractivity (Wildman–Crippen MR) is 139 cm³/mol. The highest BCUT2D eigenvalue weighted by Crippen LogP contribution is 2.33. The number of benzene rings is 1. The molecule has 3 heterocycles. The predicted octanol–water partition coefficient (Wildman–Crippen LogP) is 5.05. The van der Waals surface area contributed by atoms with Gasteiger partial charge in [-0.1, -0.05) is 20.8 Å². The minimum atomic E-state index is -0.252. The van der Waals surface area contributed by atoms with Crippen molar-refractivity contribution in [1.82, 2.24) is 30.1 Å². The van der Waals surface area contributed by atoms with Gasteiger partial charge in [-0.15, -0.1) is 5.10 Å². The van der Waals surface area contributed by atoms with E-state index in [2.05, 4.69) is 60.0 Å². The number of H-pyrrole nitrogens is 1. The number of aromatic nitrogens is 5. The summed E-state index contributed by atoms with van der Waals surface area (Å²) in [6, 6.07) is 11.3. The Morgan fingerprint density at radius 1 is 1.17 bits per heavy atom. The Hall–Kier alpha value is -3.46. The van der Waals surface area contributed by atoms with Crippen LogP contribution in [0.3, 0.4) is 0 Å². The van der Waals surface area contributed by atoms with Gasteiger partial charge in [-0.05, 0) is 79.9 Å². The minimum absolute atomic E-state index is 0.118. The largest absolute Gasteiger partial charge is 0.494 e. The summed E-state index contributed by atoms with van der Waals surface area (Å²) >= 11 is 0. The summed E-state index contributed by atoms with van der Waals surface area (Å²) in [6.07, 6.45) is 2.54. The standard InChI is InChI=1S/C27H36N6O3/c1-7-27(5,6)33-25(29-30-31-33)24(18(3)4)32(17-22-10-9-13-36-22)16-20-14-19-15-21(35-8-2)11-12-23(19)28-26(20)34/h9-15,18,24H,7-8,16-17H2,1-6H3,(H,28,34). The second-order valence-corrected chi connectivity index (χ2v) is 10.1. The van der Waals surface area contributed by atoms with E-state index in [1.807, 2.05) is 48.0 Å². The molecule has 0 saturated heterocycles. The van der Waals surface area contributed by atoms with Crippen LogP contribution in [0, 0.1) is 5.92 Å². The van der Waals surface area contributed by atoms with Crippen molar-refractivity contribution in [3.05, 3.63) is 70.2 Å². The maximum Gasteiger partial charge on any atom is 0.252 e. The molecule has 1 unspecified atom stereocenters. The van der Waals surface area contributed by atoms with Crippen molar-refractivity contribution in [2.24, 2.45) is 5.92 Å². The third-order valence-corrected chi connectivity index (χ3v) is 6.74. The maximum absolute atomic E-state index is 13.2. The minimum Gasteiger partial charge on any atom is -0.494 e. The molecule has 9 nitrogen and oxygen atoms in total. The van der Waals surface area contributed by atoms with Gasteiger partial charge in [-0.3, -0.25) is 9.69 Å². The molecule has 3 aromatic heterocycles. The highest BCUT2D eigenvalue weighted by Gasteiger charge is 2.34. The number of rotatable bonds is 11. The van der Waals surface area contributed by atoms with Gasteiger partial charge in [0.25, 0.3) is 5.56 Å². The summed E-state index contributed by atoms with van der Waals surface area (Å²) in [5.41, 5.74) is 1.06. The average molecular weight is 493 g/mol. The Balaban J connectivity index is 1.78. The summed E-state index contributed by atoms with van der Waals surface area (Å²) in [5.74, 6) is 2.53. The molecule has 0 aliphatic rings. The van der Waals surface area contributed by atoms with Crippen LogP contribution in [-0.2, 0) is 18.6 Å². The number of pyridine rings is 1. The third-order valence-electron chi connectivity index (χ3n) is 6.74. The molecule has 0 bridgehead atoms. The molecule has 4 rings (SSSR count).